The molecule has 5 aromatic rings. The third kappa shape index (κ3) is 5.20. The van der Waals surface area contributed by atoms with Crippen LogP contribution in [0.1, 0.15) is 18.2 Å². The number of carboxylic acids is 1. The van der Waals surface area contributed by atoms with Crippen molar-refractivity contribution in [2.75, 3.05) is 7.11 Å². The zero-order valence-electron chi connectivity index (χ0n) is 21.0. The lowest BCUT2D eigenvalue weighted by Crippen LogP contribution is -2.37. The maximum absolute atomic E-state index is 13.0. The molecule has 0 saturated heterocycles. The molecule has 3 aromatic carbocycles. The maximum atomic E-state index is 13.0. The molecule has 0 amide bonds. The Morgan fingerprint density at radius 3 is 2.51 bits per heavy atom. The van der Waals surface area contributed by atoms with Crippen LogP contribution in [0.3, 0.4) is 0 Å². The SMILES string of the molecule is COc1ccc2c(-c3c(C)n(Cc4cccc(O[C@H](C)C(=O)[O-])c4)c4cc(OC(F)(F)F)ccc34)noc2c1. The number of carbonyl (C=O) groups is 1. The van der Waals surface area contributed by atoms with Crippen LogP contribution in [-0.2, 0) is 11.3 Å². The Bertz CT molecular complexity index is 1690. The first-order valence-electron chi connectivity index (χ1n) is 11.8. The predicted molar refractivity (Wildman–Crippen MR) is 134 cm³/mol. The number of ether oxygens (including phenoxy) is 3. The highest BCUT2D eigenvalue weighted by molar-refractivity contribution is 6.04. The van der Waals surface area contributed by atoms with Gasteiger partial charge in [0.25, 0.3) is 0 Å². The number of rotatable bonds is 8. The summed E-state index contributed by atoms with van der Waals surface area (Å²) in [4.78, 5) is 11.1. The molecule has 11 heteroatoms. The molecular formula is C28H22F3N2O6-. The first-order chi connectivity index (χ1) is 18.5. The third-order valence-corrected chi connectivity index (χ3v) is 6.33. The van der Waals surface area contributed by atoms with Crippen LogP contribution >= 0.6 is 0 Å². The number of aromatic nitrogens is 2. The van der Waals surface area contributed by atoms with Gasteiger partial charge in [-0.1, -0.05) is 17.3 Å². The van der Waals surface area contributed by atoms with Crippen molar-refractivity contribution in [2.45, 2.75) is 32.9 Å². The minimum Gasteiger partial charge on any atom is -0.546 e. The van der Waals surface area contributed by atoms with Gasteiger partial charge in [-0.3, -0.25) is 0 Å². The maximum Gasteiger partial charge on any atom is 0.573 e. The van der Waals surface area contributed by atoms with Crippen molar-refractivity contribution in [3.63, 3.8) is 0 Å². The van der Waals surface area contributed by atoms with Gasteiger partial charge in [0.15, 0.2) is 5.58 Å². The summed E-state index contributed by atoms with van der Waals surface area (Å²) in [7, 11) is 1.54. The summed E-state index contributed by atoms with van der Waals surface area (Å²) in [5.74, 6) is -0.814. The van der Waals surface area contributed by atoms with Gasteiger partial charge in [0.05, 0.1) is 24.0 Å². The molecule has 8 nitrogen and oxygen atoms in total. The number of alkyl halides is 3. The van der Waals surface area contributed by atoms with E-state index in [4.69, 9.17) is 14.0 Å². The van der Waals surface area contributed by atoms with E-state index < -0.39 is 18.4 Å². The van der Waals surface area contributed by atoms with Crippen molar-refractivity contribution in [3.8, 4) is 28.5 Å². The molecule has 2 aromatic heterocycles. The highest BCUT2D eigenvalue weighted by Gasteiger charge is 2.31. The lowest BCUT2D eigenvalue weighted by molar-refractivity contribution is -0.312. The molecule has 0 N–H and O–H groups in total. The molecule has 0 spiro atoms. The third-order valence-electron chi connectivity index (χ3n) is 6.33. The van der Waals surface area contributed by atoms with E-state index in [0.717, 1.165) is 11.3 Å². The number of benzene rings is 3. The fraction of sp³-hybridized carbons (Fsp3) is 0.214. The summed E-state index contributed by atoms with van der Waals surface area (Å²) < 4.78 is 61.3. The molecule has 0 fully saturated rings. The summed E-state index contributed by atoms with van der Waals surface area (Å²) in [6.07, 6.45) is -6.02. The van der Waals surface area contributed by atoms with E-state index >= 15 is 0 Å². The van der Waals surface area contributed by atoms with Crippen molar-refractivity contribution in [1.29, 1.82) is 0 Å². The summed E-state index contributed by atoms with van der Waals surface area (Å²) in [5.41, 5.74) is 3.62. The van der Waals surface area contributed by atoms with E-state index in [1.54, 1.807) is 42.5 Å². The minimum absolute atomic E-state index is 0.234. The molecular weight excluding hydrogens is 517 g/mol. The van der Waals surface area contributed by atoms with Gasteiger partial charge in [-0.05, 0) is 55.8 Å². The molecule has 0 aliphatic heterocycles. The first kappa shape index (κ1) is 26.0. The standard InChI is InChI=1S/C28H23F3N2O6/c1-15-25(26-22-10-7-18(36-3)13-24(22)39-32-26)21-9-8-20(38-28(29,30)31)12-23(21)33(15)14-17-5-4-6-19(11-17)37-16(2)27(34)35/h4-13,16H,14H2,1-3H3,(H,34,35)/p-1/t16-/m1/s1. The van der Waals surface area contributed by atoms with Gasteiger partial charge >= 0.3 is 6.36 Å². The average Bonchev–Trinajstić information content (AvgIpc) is 3.40. The quantitative estimate of drug-likeness (QED) is 0.266. The number of hydrogen-bond donors (Lipinski definition) is 0. The van der Waals surface area contributed by atoms with Gasteiger partial charge in [-0.15, -0.1) is 13.2 Å². The highest BCUT2D eigenvalue weighted by atomic mass is 19.4. The van der Waals surface area contributed by atoms with E-state index in [-0.39, 0.29) is 12.3 Å². The van der Waals surface area contributed by atoms with Crippen LogP contribution in [0.5, 0.6) is 17.2 Å². The summed E-state index contributed by atoms with van der Waals surface area (Å²) in [6.45, 7) is 3.43. The van der Waals surface area contributed by atoms with Gasteiger partial charge in [-0.25, -0.2) is 0 Å². The lowest BCUT2D eigenvalue weighted by atomic mass is 10.0. The molecule has 2 heterocycles. The topological polar surface area (TPSA) is 98.8 Å². The normalized spacial score (nSPS) is 12.6. The van der Waals surface area contributed by atoms with Crippen LogP contribution in [-0.4, -0.2) is 35.3 Å². The average molecular weight is 539 g/mol. The number of halogens is 3. The van der Waals surface area contributed by atoms with Crippen molar-refractivity contribution in [2.24, 2.45) is 0 Å². The number of fused-ring (bicyclic) bond motifs is 2. The van der Waals surface area contributed by atoms with Gasteiger partial charge in [-0.2, -0.15) is 0 Å². The van der Waals surface area contributed by atoms with Crippen molar-refractivity contribution in [3.05, 3.63) is 71.9 Å². The second-order valence-corrected chi connectivity index (χ2v) is 8.89. The number of carboxylic acid groups (broad SMARTS) is 1. The van der Waals surface area contributed by atoms with Gasteiger partial charge in [0.1, 0.15) is 29.0 Å². The Hall–Kier alpha value is -4.67. The second kappa shape index (κ2) is 9.90. The predicted octanol–water partition coefficient (Wildman–Crippen LogP) is 5.23. The second-order valence-electron chi connectivity index (χ2n) is 8.89. The van der Waals surface area contributed by atoms with Crippen LogP contribution in [0.2, 0.25) is 0 Å². The fourth-order valence-corrected chi connectivity index (χ4v) is 4.53. The van der Waals surface area contributed by atoms with Crippen LogP contribution in [0.15, 0.2) is 65.2 Å². The van der Waals surface area contributed by atoms with E-state index in [1.165, 1.54) is 26.2 Å². The zero-order chi connectivity index (χ0) is 27.9. The molecule has 1 atom stereocenters. The smallest absolute Gasteiger partial charge is 0.546 e. The van der Waals surface area contributed by atoms with Gasteiger partial charge in [0, 0.05) is 35.3 Å². The fourth-order valence-electron chi connectivity index (χ4n) is 4.53. The Kier molecular flexibility index (Phi) is 6.59. The first-order valence-corrected chi connectivity index (χ1v) is 11.8. The van der Waals surface area contributed by atoms with E-state index in [1.807, 2.05) is 17.6 Å². The molecule has 0 bridgehead atoms. The van der Waals surface area contributed by atoms with E-state index in [0.29, 0.717) is 44.6 Å². The molecule has 202 valence electrons. The molecule has 0 radical (unpaired) electrons. The molecule has 0 saturated carbocycles. The van der Waals surface area contributed by atoms with Crippen LogP contribution < -0.4 is 19.3 Å². The van der Waals surface area contributed by atoms with Crippen LogP contribution in [0, 0.1) is 6.92 Å². The lowest BCUT2D eigenvalue weighted by Gasteiger charge is -2.16. The summed E-state index contributed by atoms with van der Waals surface area (Å²) >= 11 is 0. The van der Waals surface area contributed by atoms with Crippen molar-refractivity contribution < 1.29 is 41.8 Å². The molecule has 5 rings (SSSR count). The van der Waals surface area contributed by atoms with E-state index in [9.17, 15) is 23.1 Å². The van der Waals surface area contributed by atoms with E-state index in [2.05, 4.69) is 9.89 Å². The number of carbonyl (C=O) groups excluding carboxylic acids is 1. The van der Waals surface area contributed by atoms with Gasteiger partial charge < -0.3 is 33.2 Å². The number of nitrogens with zero attached hydrogens (tertiary/aromatic N) is 2. The monoisotopic (exact) mass is 539 g/mol. The van der Waals surface area contributed by atoms with Crippen molar-refractivity contribution in [1.82, 2.24) is 9.72 Å². The minimum atomic E-state index is -4.86. The Morgan fingerprint density at radius 2 is 1.79 bits per heavy atom. The van der Waals surface area contributed by atoms with Gasteiger partial charge in [0.2, 0.25) is 0 Å². The molecule has 39 heavy (non-hydrogen) atoms. The summed E-state index contributed by atoms with van der Waals surface area (Å²) in [5, 5.41) is 16.7. The molecule has 0 aliphatic rings. The number of aliphatic carboxylic acids is 1. The highest BCUT2D eigenvalue weighted by Crippen LogP contribution is 2.40. The zero-order valence-corrected chi connectivity index (χ0v) is 21.0. The Balaban J connectivity index is 1.65. The van der Waals surface area contributed by atoms with Crippen LogP contribution in [0.25, 0.3) is 33.1 Å². The van der Waals surface area contributed by atoms with Crippen molar-refractivity contribution >= 4 is 27.8 Å². The van der Waals surface area contributed by atoms with Crippen LogP contribution in [0.4, 0.5) is 13.2 Å². The number of methoxy groups -OCH3 is 1. The Morgan fingerprint density at radius 1 is 1.05 bits per heavy atom. The number of hydrogen-bond acceptors (Lipinski definition) is 7. The molecule has 0 aliphatic carbocycles. The largest absolute Gasteiger partial charge is 0.573 e. The molecule has 0 unspecified atom stereocenters. The Labute approximate surface area is 220 Å². The summed E-state index contributed by atoms with van der Waals surface area (Å²) in [6, 6.07) is 16.2.